The third kappa shape index (κ3) is 14.7. The fraction of sp³-hybridized carbons (Fsp3) is 0.833. The smallest absolute Gasteiger partial charge is 0.311 e. The molecule has 19 nitrogen and oxygen atoms in total. The molecular formula is C54H90FN5O14S. The second-order valence-electron chi connectivity index (χ2n) is 23.5. The first-order valence-corrected chi connectivity index (χ1v) is 28.8. The lowest BCUT2D eigenvalue weighted by Gasteiger charge is -2.49. The molecule has 6 rings (SSSR count). The lowest BCUT2D eigenvalue weighted by atomic mass is 9.77. The van der Waals surface area contributed by atoms with Gasteiger partial charge in [0.25, 0.3) is 0 Å². The largest absolute Gasteiger partial charge is 0.459 e. The number of aromatic nitrogens is 3. The van der Waals surface area contributed by atoms with Crippen molar-refractivity contribution in [3.8, 4) is 0 Å². The number of nitrogens with zero attached hydrogens (tertiary/aromatic N) is 5. The van der Waals surface area contributed by atoms with Gasteiger partial charge < -0.3 is 63.8 Å². The van der Waals surface area contributed by atoms with E-state index in [4.69, 9.17) is 28.4 Å². The molecule has 3 saturated heterocycles. The summed E-state index contributed by atoms with van der Waals surface area (Å²) in [6, 6.07) is 4.86. The Morgan fingerprint density at radius 2 is 1.64 bits per heavy atom. The molecule has 4 fully saturated rings. The summed E-state index contributed by atoms with van der Waals surface area (Å²) in [6.45, 7) is 17.5. The molecule has 1 aromatic carbocycles. The van der Waals surface area contributed by atoms with Gasteiger partial charge in [-0.1, -0.05) is 38.1 Å². The normalized spacial score (nSPS) is 39.7. The summed E-state index contributed by atoms with van der Waals surface area (Å²) in [6.07, 6.45) is -5.28. The highest BCUT2D eigenvalue weighted by Crippen LogP contribution is 2.41. The number of aliphatic hydroxyl groups excluding tert-OH is 3. The molecule has 5 N–H and O–H groups in total. The van der Waals surface area contributed by atoms with Crippen LogP contribution in [0.1, 0.15) is 125 Å². The van der Waals surface area contributed by atoms with Crippen LogP contribution in [-0.2, 0) is 55.9 Å². The van der Waals surface area contributed by atoms with Crippen LogP contribution in [0.3, 0.4) is 0 Å². The number of carbonyl (C=O) groups excluding carboxylic acids is 1. The minimum Gasteiger partial charge on any atom is -0.459 e. The molecule has 21 heteroatoms. The summed E-state index contributed by atoms with van der Waals surface area (Å²) in [4.78, 5) is 18.7. The Labute approximate surface area is 444 Å². The fourth-order valence-corrected chi connectivity index (χ4v) is 13.4. The van der Waals surface area contributed by atoms with Crippen LogP contribution >= 0.6 is 0 Å². The second kappa shape index (κ2) is 25.1. The van der Waals surface area contributed by atoms with Gasteiger partial charge in [0.1, 0.15) is 36.7 Å². The predicted molar refractivity (Wildman–Crippen MR) is 277 cm³/mol. The van der Waals surface area contributed by atoms with Gasteiger partial charge in [0.2, 0.25) is 0 Å². The van der Waals surface area contributed by atoms with E-state index in [-0.39, 0.29) is 48.2 Å². The van der Waals surface area contributed by atoms with E-state index in [1.54, 1.807) is 78.9 Å². The van der Waals surface area contributed by atoms with Gasteiger partial charge in [0.15, 0.2) is 22.4 Å². The van der Waals surface area contributed by atoms with E-state index in [9.17, 15) is 43.1 Å². The second-order valence-corrected chi connectivity index (χ2v) is 25.5. The maximum Gasteiger partial charge on any atom is 0.311 e. The molecule has 0 unspecified atom stereocenters. The van der Waals surface area contributed by atoms with E-state index in [1.807, 2.05) is 37.7 Å². The number of likely N-dealkylation sites (N-methyl/N-ethyl adjacent to an activating group) is 2. The van der Waals surface area contributed by atoms with Crippen LogP contribution in [0.15, 0.2) is 35.4 Å². The van der Waals surface area contributed by atoms with Gasteiger partial charge in [0, 0.05) is 57.2 Å². The van der Waals surface area contributed by atoms with Crippen molar-refractivity contribution in [3.05, 3.63) is 41.7 Å². The highest BCUT2D eigenvalue weighted by molar-refractivity contribution is 7.91. The molecule has 4 heterocycles. The number of halogens is 1. The number of rotatable bonds is 17. The molecule has 428 valence electrons. The molecule has 1 aromatic heterocycles. The first-order valence-electron chi connectivity index (χ1n) is 27.1. The monoisotopic (exact) mass is 1080 g/mol. The molecule has 1 saturated carbocycles. The summed E-state index contributed by atoms with van der Waals surface area (Å²) in [5, 5.41) is 68.4. The Bertz CT molecular complexity index is 2260. The zero-order chi connectivity index (χ0) is 55.5. The molecule has 0 spiro atoms. The first-order chi connectivity index (χ1) is 35.0. The van der Waals surface area contributed by atoms with Crippen molar-refractivity contribution >= 4 is 15.8 Å². The third-order valence-electron chi connectivity index (χ3n) is 16.8. The number of hydrogen-bond donors (Lipinski definition) is 5. The summed E-state index contributed by atoms with van der Waals surface area (Å²) < 4.78 is 79.9. The van der Waals surface area contributed by atoms with Gasteiger partial charge in [-0.05, 0) is 131 Å². The molecule has 4 aliphatic rings. The Balaban J connectivity index is 1.23. The maximum atomic E-state index is 14.6. The van der Waals surface area contributed by atoms with Crippen LogP contribution in [0.25, 0.3) is 0 Å². The van der Waals surface area contributed by atoms with E-state index < -0.39 is 131 Å². The van der Waals surface area contributed by atoms with Gasteiger partial charge in [-0.15, -0.1) is 5.10 Å². The standard InChI is InChI=1S/C54H90FN5O14S/c1-14-43-54(10,66)47(62)35(6)59(12)28-31(2)25-52(8,65)49(33(4)46(34(5)50(64)72-43)73-44-26-53(9,69-13)48(63)36(7)71-44)74-51-45(61)42(23-32(3)70-51)58(11)22-21-39-29-60(57-56-39)40(27-55)24-37-17-19-41(20-18-37)75(67,68)30-38-15-16-38/h17-20,29,31-36,38,40,42-49,51,61-63,65-66H,14-16,21-28,30H2,1-13H3/t31-,32-,33+,34-,35-,36+,40+,42+,43-,44+,45-,46+,47-,48+,49-,51+,52-,53-,54-/m1/s1. The van der Waals surface area contributed by atoms with Crippen LogP contribution in [0.4, 0.5) is 4.39 Å². The lowest BCUT2D eigenvalue weighted by molar-refractivity contribution is -0.318. The van der Waals surface area contributed by atoms with E-state index in [0.717, 1.165) is 18.4 Å². The Morgan fingerprint density at radius 3 is 2.25 bits per heavy atom. The molecule has 0 bridgehead atoms. The zero-order valence-corrected chi connectivity index (χ0v) is 47.4. The number of hydrogen-bond acceptors (Lipinski definition) is 18. The lowest BCUT2D eigenvalue weighted by Crippen LogP contribution is -2.61. The van der Waals surface area contributed by atoms with Gasteiger partial charge in [-0.25, -0.2) is 17.5 Å². The molecule has 0 amide bonds. The van der Waals surface area contributed by atoms with Crippen LogP contribution < -0.4 is 0 Å². The summed E-state index contributed by atoms with van der Waals surface area (Å²) >= 11 is 0. The Kier molecular flexibility index (Phi) is 20.6. The minimum atomic E-state index is -3.37. The summed E-state index contributed by atoms with van der Waals surface area (Å²) in [5.74, 6) is -2.53. The topological polar surface area (TPSA) is 245 Å². The predicted octanol–water partition coefficient (Wildman–Crippen LogP) is 4.04. The average Bonchev–Trinajstić information content (AvgIpc) is 4.04. The minimum absolute atomic E-state index is 0.0783. The molecule has 0 radical (unpaired) electrons. The van der Waals surface area contributed by atoms with Gasteiger partial charge in [0.05, 0.1) is 63.9 Å². The number of sulfone groups is 1. The summed E-state index contributed by atoms with van der Waals surface area (Å²) in [5.41, 5.74) is -3.23. The maximum absolute atomic E-state index is 14.6. The fourth-order valence-electron chi connectivity index (χ4n) is 11.7. The number of alkyl halides is 1. The van der Waals surface area contributed by atoms with Crippen molar-refractivity contribution in [2.45, 2.75) is 222 Å². The number of methoxy groups -OCH3 is 1. The van der Waals surface area contributed by atoms with Crippen molar-refractivity contribution in [2.24, 2.45) is 23.7 Å². The Hall–Kier alpha value is -2.77. The van der Waals surface area contributed by atoms with Crippen molar-refractivity contribution in [2.75, 3.05) is 46.7 Å². The van der Waals surface area contributed by atoms with E-state index in [2.05, 4.69) is 10.3 Å². The van der Waals surface area contributed by atoms with Gasteiger partial charge in [-0.2, -0.15) is 0 Å². The molecule has 2 aromatic rings. The molecule has 1 aliphatic carbocycles. The van der Waals surface area contributed by atoms with E-state index >= 15 is 0 Å². The number of esters is 1. The van der Waals surface area contributed by atoms with Crippen LogP contribution in [0, 0.1) is 23.7 Å². The van der Waals surface area contributed by atoms with Crippen molar-refractivity contribution in [3.63, 3.8) is 0 Å². The van der Waals surface area contributed by atoms with Crippen LogP contribution in [0.2, 0.25) is 0 Å². The quantitative estimate of drug-likeness (QED) is 0.140. The number of cyclic esters (lactones) is 1. The van der Waals surface area contributed by atoms with Gasteiger partial charge >= 0.3 is 5.97 Å². The van der Waals surface area contributed by atoms with Gasteiger partial charge in [-0.3, -0.25) is 4.79 Å². The van der Waals surface area contributed by atoms with Crippen molar-refractivity contribution in [1.82, 2.24) is 24.8 Å². The van der Waals surface area contributed by atoms with Crippen molar-refractivity contribution in [1.29, 1.82) is 0 Å². The molecular weight excluding hydrogens is 994 g/mol. The molecule has 19 atom stereocenters. The summed E-state index contributed by atoms with van der Waals surface area (Å²) in [7, 11) is 1.82. The SMILES string of the molecule is CC[C@H]1OC(=O)[C@H](C)[C@@H](O[C@H]2C[C@@](C)(OC)[C@@H](O)[C@H](C)O2)[C@H](C)[C@@H](O[C@@H]2O[C@H](C)C[C@H](N(C)CCc3cn([C@H](CF)Cc4ccc(S(=O)(=O)CC5CC5)cc4)nn3)[C@H]2O)[C@](C)(O)C[C@@H](C)CN(C)[C@H](C)[C@@H](O)[C@]1(C)O. The van der Waals surface area contributed by atoms with E-state index in [0.29, 0.717) is 31.6 Å². The van der Waals surface area contributed by atoms with E-state index in [1.165, 1.54) is 18.7 Å². The highest BCUT2D eigenvalue weighted by Gasteiger charge is 2.53. The number of ether oxygens (including phenoxy) is 6. The van der Waals surface area contributed by atoms with Crippen LogP contribution in [-0.4, -0.2) is 202 Å². The Morgan fingerprint density at radius 1 is 0.973 bits per heavy atom. The van der Waals surface area contributed by atoms with Crippen LogP contribution in [0.5, 0.6) is 0 Å². The van der Waals surface area contributed by atoms with Crippen molar-refractivity contribution < 1.29 is 71.6 Å². The highest BCUT2D eigenvalue weighted by atomic mass is 32.2. The average molecular weight is 1080 g/mol. The zero-order valence-electron chi connectivity index (χ0n) is 46.6. The molecule has 3 aliphatic heterocycles. The first kappa shape index (κ1) is 61.4. The number of aliphatic hydroxyl groups is 5. The number of benzene rings is 1. The third-order valence-corrected chi connectivity index (χ3v) is 18.7. The number of carbonyl (C=O) groups is 1. The molecule has 75 heavy (non-hydrogen) atoms.